The molecule has 2 N–H and O–H groups in total. The van der Waals surface area contributed by atoms with Crippen LogP contribution < -0.4 is 5.73 Å². The number of nitrogens with two attached hydrogens (primary N) is 1. The highest BCUT2D eigenvalue weighted by Gasteiger charge is 2.32. The van der Waals surface area contributed by atoms with Gasteiger partial charge in [-0.2, -0.15) is 0 Å². The molecule has 0 radical (unpaired) electrons. The van der Waals surface area contributed by atoms with Crippen molar-refractivity contribution in [2.24, 2.45) is 11.7 Å². The molecule has 2 rings (SSSR count). The van der Waals surface area contributed by atoms with Gasteiger partial charge in [0, 0.05) is 18.0 Å². The number of likely N-dealkylation sites (tertiary alicyclic amines) is 1. The molecule has 1 aromatic heterocycles. The lowest BCUT2D eigenvalue weighted by atomic mass is 10.1. The van der Waals surface area contributed by atoms with Gasteiger partial charge in [-0.15, -0.1) is 11.3 Å². The van der Waals surface area contributed by atoms with Gasteiger partial charge in [0.05, 0.1) is 9.35 Å². The Hall–Kier alpha value is -0.390. The Balaban J connectivity index is 2.11. The zero-order valence-corrected chi connectivity index (χ0v) is 11.6. The second-order valence-corrected chi connectivity index (χ2v) is 6.57. The van der Waals surface area contributed by atoms with Crippen LogP contribution in [0.1, 0.15) is 23.7 Å². The van der Waals surface area contributed by atoms with E-state index in [2.05, 4.69) is 22.9 Å². The lowest BCUT2D eigenvalue weighted by molar-refractivity contribution is 0.0744. The van der Waals surface area contributed by atoms with E-state index in [9.17, 15) is 4.79 Å². The molecule has 1 amide bonds. The summed E-state index contributed by atoms with van der Waals surface area (Å²) < 4.78 is 0.998. The molecule has 2 heterocycles. The Labute approximate surface area is 108 Å². The zero-order chi connectivity index (χ0) is 11.7. The van der Waals surface area contributed by atoms with Crippen LogP contribution in [-0.2, 0) is 0 Å². The summed E-state index contributed by atoms with van der Waals surface area (Å²) in [6.07, 6.45) is 1.02. The molecule has 0 saturated carbocycles. The quantitative estimate of drug-likeness (QED) is 0.911. The Morgan fingerprint density at radius 1 is 1.75 bits per heavy atom. The third-order valence-corrected chi connectivity index (χ3v) is 4.57. The fraction of sp³-hybridized carbons (Fsp3) is 0.545. The maximum atomic E-state index is 12.2. The molecular formula is C11H15BrN2OS. The van der Waals surface area contributed by atoms with Gasteiger partial charge in [-0.05, 0) is 47.8 Å². The largest absolute Gasteiger partial charge is 0.336 e. The minimum Gasteiger partial charge on any atom is -0.336 e. The number of halogens is 1. The van der Waals surface area contributed by atoms with E-state index in [1.54, 1.807) is 11.3 Å². The average molecular weight is 303 g/mol. The van der Waals surface area contributed by atoms with Gasteiger partial charge in [0.1, 0.15) is 0 Å². The first-order valence-corrected chi connectivity index (χ1v) is 7.04. The smallest absolute Gasteiger partial charge is 0.254 e. The molecule has 1 aliphatic heterocycles. The topological polar surface area (TPSA) is 46.3 Å². The third kappa shape index (κ3) is 2.31. The monoisotopic (exact) mass is 302 g/mol. The van der Waals surface area contributed by atoms with Crippen molar-refractivity contribution in [3.05, 3.63) is 20.8 Å². The molecule has 2 unspecified atom stereocenters. The number of nitrogens with zero attached hydrogens (tertiary/aromatic N) is 1. The zero-order valence-electron chi connectivity index (χ0n) is 9.15. The number of carbonyl (C=O) groups excluding carboxylic acids is 1. The standard InChI is InChI=1S/C11H15BrN2OS/c1-7-2-8(4-13)5-14(7)11(15)9-3-10(12)16-6-9/h3,6-8H,2,4-5,13H2,1H3. The number of carbonyl (C=O) groups is 1. The summed E-state index contributed by atoms with van der Waals surface area (Å²) in [5, 5.41) is 1.90. The van der Waals surface area contributed by atoms with Gasteiger partial charge in [0.2, 0.25) is 0 Å². The predicted octanol–water partition coefficient (Wildman–Crippen LogP) is 2.32. The SMILES string of the molecule is CC1CC(CN)CN1C(=O)c1csc(Br)c1. The molecule has 1 aliphatic rings. The molecule has 0 aromatic carbocycles. The van der Waals surface area contributed by atoms with E-state index >= 15 is 0 Å². The Morgan fingerprint density at radius 3 is 3.00 bits per heavy atom. The summed E-state index contributed by atoms with van der Waals surface area (Å²) >= 11 is 4.92. The number of amides is 1. The first-order valence-electron chi connectivity index (χ1n) is 5.37. The minimum atomic E-state index is 0.130. The van der Waals surface area contributed by atoms with Gasteiger partial charge in [-0.3, -0.25) is 4.79 Å². The third-order valence-electron chi connectivity index (χ3n) is 3.07. The predicted molar refractivity (Wildman–Crippen MR) is 69.7 cm³/mol. The second kappa shape index (κ2) is 4.85. The van der Waals surface area contributed by atoms with E-state index in [1.165, 1.54) is 0 Å². The molecule has 1 saturated heterocycles. The molecule has 2 atom stereocenters. The summed E-state index contributed by atoms with van der Waals surface area (Å²) in [6, 6.07) is 2.19. The van der Waals surface area contributed by atoms with E-state index in [1.807, 2.05) is 16.3 Å². The van der Waals surface area contributed by atoms with E-state index in [4.69, 9.17) is 5.73 Å². The van der Waals surface area contributed by atoms with Crippen molar-refractivity contribution < 1.29 is 4.79 Å². The highest BCUT2D eigenvalue weighted by Crippen LogP contribution is 2.27. The Bertz CT molecular complexity index is 393. The maximum absolute atomic E-state index is 12.2. The van der Waals surface area contributed by atoms with Gasteiger partial charge in [0.25, 0.3) is 5.91 Å². The van der Waals surface area contributed by atoms with Gasteiger partial charge in [-0.25, -0.2) is 0 Å². The molecule has 0 aliphatic carbocycles. The van der Waals surface area contributed by atoms with Crippen molar-refractivity contribution >= 4 is 33.2 Å². The molecular weight excluding hydrogens is 288 g/mol. The van der Waals surface area contributed by atoms with Crippen molar-refractivity contribution in [3.63, 3.8) is 0 Å². The molecule has 1 fully saturated rings. The van der Waals surface area contributed by atoms with Gasteiger partial charge >= 0.3 is 0 Å². The summed E-state index contributed by atoms with van der Waals surface area (Å²) in [4.78, 5) is 14.1. The van der Waals surface area contributed by atoms with Crippen molar-refractivity contribution in [2.75, 3.05) is 13.1 Å². The highest BCUT2D eigenvalue weighted by atomic mass is 79.9. The first-order chi connectivity index (χ1) is 7.61. The number of rotatable bonds is 2. The minimum absolute atomic E-state index is 0.130. The van der Waals surface area contributed by atoms with Gasteiger partial charge < -0.3 is 10.6 Å². The van der Waals surface area contributed by atoms with E-state index in [-0.39, 0.29) is 5.91 Å². The summed E-state index contributed by atoms with van der Waals surface area (Å²) in [7, 11) is 0. The summed E-state index contributed by atoms with van der Waals surface area (Å²) in [6.45, 7) is 3.56. The van der Waals surface area contributed by atoms with Crippen molar-refractivity contribution in [2.45, 2.75) is 19.4 Å². The first kappa shape index (κ1) is 12.1. The van der Waals surface area contributed by atoms with Gasteiger partial charge in [-0.1, -0.05) is 0 Å². The van der Waals surface area contributed by atoms with E-state index < -0.39 is 0 Å². The molecule has 88 valence electrons. The van der Waals surface area contributed by atoms with Crippen LogP contribution >= 0.6 is 27.3 Å². The van der Waals surface area contributed by atoms with Crippen molar-refractivity contribution in [1.82, 2.24) is 4.90 Å². The molecule has 5 heteroatoms. The molecule has 16 heavy (non-hydrogen) atoms. The normalized spacial score (nSPS) is 25.1. The summed E-state index contributed by atoms with van der Waals surface area (Å²) in [5.41, 5.74) is 6.44. The molecule has 3 nitrogen and oxygen atoms in total. The van der Waals surface area contributed by atoms with Crippen LogP contribution in [0.25, 0.3) is 0 Å². The van der Waals surface area contributed by atoms with Crippen LogP contribution in [0.15, 0.2) is 15.2 Å². The number of thiophene rings is 1. The van der Waals surface area contributed by atoms with Crippen LogP contribution in [0.4, 0.5) is 0 Å². The van der Waals surface area contributed by atoms with Crippen LogP contribution in [0.5, 0.6) is 0 Å². The fourth-order valence-corrected chi connectivity index (χ4v) is 3.31. The van der Waals surface area contributed by atoms with E-state index in [0.29, 0.717) is 18.5 Å². The lowest BCUT2D eigenvalue weighted by Gasteiger charge is -2.20. The Morgan fingerprint density at radius 2 is 2.50 bits per heavy atom. The summed E-state index contributed by atoms with van der Waals surface area (Å²) in [5.74, 6) is 0.589. The Kier molecular flexibility index (Phi) is 3.66. The average Bonchev–Trinajstić information content (AvgIpc) is 2.83. The molecule has 1 aromatic rings. The van der Waals surface area contributed by atoms with Crippen LogP contribution in [0.2, 0.25) is 0 Å². The molecule has 0 spiro atoms. The molecule has 0 bridgehead atoms. The van der Waals surface area contributed by atoms with Crippen LogP contribution in [0, 0.1) is 5.92 Å². The van der Waals surface area contributed by atoms with E-state index in [0.717, 1.165) is 22.3 Å². The van der Waals surface area contributed by atoms with Gasteiger partial charge in [0.15, 0.2) is 0 Å². The van der Waals surface area contributed by atoms with Crippen LogP contribution in [-0.4, -0.2) is 29.9 Å². The maximum Gasteiger partial charge on any atom is 0.254 e. The van der Waals surface area contributed by atoms with Crippen molar-refractivity contribution in [3.8, 4) is 0 Å². The second-order valence-electron chi connectivity index (χ2n) is 4.28. The fourth-order valence-electron chi connectivity index (χ4n) is 2.18. The highest BCUT2D eigenvalue weighted by molar-refractivity contribution is 9.11. The number of hydrogen-bond donors (Lipinski definition) is 1. The lowest BCUT2D eigenvalue weighted by Crippen LogP contribution is -2.34. The number of hydrogen-bond acceptors (Lipinski definition) is 3. The van der Waals surface area contributed by atoms with Crippen LogP contribution in [0.3, 0.4) is 0 Å². The van der Waals surface area contributed by atoms with Crippen molar-refractivity contribution in [1.29, 1.82) is 0 Å².